The summed E-state index contributed by atoms with van der Waals surface area (Å²) in [6.07, 6.45) is -0.901. The zero-order valence-electron chi connectivity index (χ0n) is 16.8. The summed E-state index contributed by atoms with van der Waals surface area (Å²) >= 11 is 1.22. The van der Waals surface area contributed by atoms with Gasteiger partial charge >= 0.3 is 5.97 Å². The number of carbonyl (C=O) groups is 3. The lowest BCUT2D eigenvalue weighted by molar-refractivity contribution is -0.141. The zero-order valence-corrected chi connectivity index (χ0v) is 17.6. The van der Waals surface area contributed by atoms with Gasteiger partial charge in [0.05, 0.1) is 17.3 Å². The Hall–Kier alpha value is -3.66. The molecule has 1 aliphatic rings. The predicted octanol–water partition coefficient (Wildman–Crippen LogP) is 2.10. The number of rotatable bonds is 4. The molecule has 0 saturated carbocycles. The van der Waals surface area contributed by atoms with Crippen LogP contribution in [0.2, 0.25) is 0 Å². The molecule has 2 heterocycles. The number of hydrogen-bond donors (Lipinski definition) is 1. The molecule has 1 aliphatic heterocycles. The Kier molecular flexibility index (Phi) is 5.72. The summed E-state index contributed by atoms with van der Waals surface area (Å²) in [4.78, 5) is 40.6. The van der Waals surface area contributed by atoms with Gasteiger partial charge in [-0.2, -0.15) is 4.99 Å². The van der Waals surface area contributed by atoms with Gasteiger partial charge < -0.3 is 24.1 Å². The molecule has 0 fully saturated rings. The second kappa shape index (κ2) is 8.60. The number of anilines is 1. The first-order valence-corrected chi connectivity index (χ1v) is 10.2. The molecule has 1 N–H and O–H groups in total. The van der Waals surface area contributed by atoms with Crippen molar-refractivity contribution in [3.8, 4) is 11.5 Å². The maximum absolute atomic E-state index is 12.8. The molecular weight excluding hydrogens is 422 g/mol. The number of aromatic nitrogens is 1. The minimum absolute atomic E-state index is 0.0356. The minimum Gasteiger partial charge on any atom is -0.485 e. The fraction of sp³-hybridized carbons (Fsp3) is 0.238. The first kappa shape index (κ1) is 20.6. The lowest BCUT2D eigenvalue weighted by Gasteiger charge is -2.23. The number of nitrogens with zero attached hydrogens (tertiary/aromatic N) is 2. The number of ether oxygens (including phenoxy) is 3. The highest BCUT2D eigenvalue weighted by Crippen LogP contribution is 2.31. The maximum atomic E-state index is 12.8. The maximum Gasteiger partial charge on any atom is 0.325 e. The monoisotopic (exact) mass is 441 g/mol. The Balaban J connectivity index is 1.71. The molecule has 4 rings (SSSR count). The van der Waals surface area contributed by atoms with Crippen molar-refractivity contribution in [2.45, 2.75) is 19.6 Å². The van der Waals surface area contributed by atoms with Crippen LogP contribution >= 0.6 is 11.3 Å². The van der Waals surface area contributed by atoms with Crippen LogP contribution in [0.4, 0.5) is 5.69 Å². The quantitative estimate of drug-likeness (QED) is 0.621. The third-order valence-corrected chi connectivity index (χ3v) is 5.55. The van der Waals surface area contributed by atoms with E-state index in [1.54, 1.807) is 41.0 Å². The highest BCUT2D eigenvalue weighted by atomic mass is 32.1. The Morgan fingerprint density at radius 3 is 2.74 bits per heavy atom. The van der Waals surface area contributed by atoms with Gasteiger partial charge in [-0.3, -0.25) is 14.4 Å². The summed E-state index contributed by atoms with van der Waals surface area (Å²) in [5.41, 5.74) is 1.28. The van der Waals surface area contributed by atoms with Crippen molar-refractivity contribution in [3.05, 3.63) is 47.3 Å². The average Bonchev–Trinajstić information content (AvgIpc) is 3.08. The van der Waals surface area contributed by atoms with E-state index >= 15 is 0 Å². The number of benzene rings is 2. The molecule has 0 radical (unpaired) electrons. The molecule has 9 nitrogen and oxygen atoms in total. The fourth-order valence-electron chi connectivity index (χ4n) is 3.09. The largest absolute Gasteiger partial charge is 0.485 e. The third kappa shape index (κ3) is 4.43. The van der Waals surface area contributed by atoms with Crippen molar-refractivity contribution in [1.29, 1.82) is 0 Å². The van der Waals surface area contributed by atoms with Crippen LogP contribution in [0.5, 0.6) is 11.5 Å². The second-order valence-electron chi connectivity index (χ2n) is 6.72. The molecular formula is C21H19N3O6S. The van der Waals surface area contributed by atoms with Crippen LogP contribution in [0.1, 0.15) is 6.92 Å². The summed E-state index contributed by atoms with van der Waals surface area (Å²) in [6, 6.07) is 12.3. The average molecular weight is 441 g/mol. The van der Waals surface area contributed by atoms with Gasteiger partial charge in [0.1, 0.15) is 13.2 Å². The Morgan fingerprint density at radius 1 is 1.23 bits per heavy atom. The highest BCUT2D eigenvalue weighted by molar-refractivity contribution is 7.16. The minimum atomic E-state index is -0.901. The molecule has 160 valence electrons. The number of fused-ring (bicyclic) bond motifs is 2. The predicted molar refractivity (Wildman–Crippen MR) is 113 cm³/mol. The van der Waals surface area contributed by atoms with Crippen molar-refractivity contribution in [2.75, 3.05) is 19.0 Å². The molecule has 1 atom stereocenters. The molecule has 1 aromatic heterocycles. The smallest absolute Gasteiger partial charge is 0.325 e. The summed E-state index contributed by atoms with van der Waals surface area (Å²) in [7, 11) is 1.29. The van der Waals surface area contributed by atoms with Crippen molar-refractivity contribution in [1.82, 2.24) is 4.57 Å². The molecule has 3 aromatic rings. The van der Waals surface area contributed by atoms with Crippen LogP contribution in [-0.4, -0.2) is 42.2 Å². The van der Waals surface area contributed by atoms with Gasteiger partial charge in [-0.25, -0.2) is 0 Å². The Labute approximate surface area is 180 Å². The first-order chi connectivity index (χ1) is 14.9. The summed E-state index contributed by atoms with van der Waals surface area (Å²) < 4.78 is 18.4. The number of para-hydroxylation sites is 2. The number of thiazole rings is 1. The van der Waals surface area contributed by atoms with E-state index in [1.807, 2.05) is 6.07 Å². The van der Waals surface area contributed by atoms with Crippen LogP contribution in [0.25, 0.3) is 10.2 Å². The van der Waals surface area contributed by atoms with Crippen molar-refractivity contribution in [2.24, 2.45) is 4.99 Å². The van der Waals surface area contributed by atoms with Crippen LogP contribution in [0, 0.1) is 0 Å². The van der Waals surface area contributed by atoms with E-state index in [0.29, 0.717) is 27.5 Å². The van der Waals surface area contributed by atoms with Crippen LogP contribution in [0.3, 0.4) is 0 Å². The van der Waals surface area contributed by atoms with Gasteiger partial charge in [-0.1, -0.05) is 23.5 Å². The van der Waals surface area contributed by atoms with E-state index < -0.39 is 18.0 Å². The number of carbonyl (C=O) groups excluding carboxylic acids is 3. The van der Waals surface area contributed by atoms with Gasteiger partial charge in [0.2, 0.25) is 12.0 Å². The molecule has 0 spiro atoms. The van der Waals surface area contributed by atoms with E-state index in [0.717, 1.165) is 4.70 Å². The highest BCUT2D eigenvalue weighted by Gasteiger charge is 2.27. The molecule has 0 bridgehead atoms. The molecule has 2 aromatic carbocycles. The topological polar surface area (TPSA) is 108 Å². The van der Waals surface area contributed by atoms with E-state index in [9.17, 15) is 14.4 Å². The summed E-state index contributed by atoms with van der Waals surface area (Å²) in [5, 5.41) is 2.71. The van der Waals surface area contributed by atoms with Gasteiger partial charge in [0, 0.05) is 12.6 Å². The number of methoxy groups -OCH3 is 1. The molecule has 31 heavy (non-hydrogen) atoms. The number of amides is 2. The number of nitrogens with one attached hydrogen (secondary N) is 1. The lowest BCUT2D eigenvalue weighted by atomic mass is 10.2. The van der Waals surface area contributed by atoms with E-state index in [1.165, 1.54) is 25.4 Å². The standard InChI is InChI=1S/C21H19N3O6S/c1-12(25)22-13-7-8-14-18(9-13)31-21(24(14)10-19(26)28-2)23-20(27)17-11-29-15-5-3-4-6-16(15)30-17/h3-9,17H,10-11H2,1-2H3,(H,22,25)/t17-/m0/s1. The van der Waals surface area contributed by atoms with Gasteiger partial charge in [0.25, 0.3) is 5.91 Å². The second-order valence-corrected chi connectivity index (χ2v) is 7.73. The molecule has 0 aliphatic carbocycles. The number of hydrogen-bond acceptors (Lipinski definition) is 7. The Bertz CT molecular complexity index is 1250. The van der Waals surface area contributed by atoms with Crippen molar-refractivity contribution in [3.63, 3.8) is 0 Å². The van der Waals surface area contributed by atoms with Gasteiger partial charge in [-0.05, 0) is 30.3 Å². The zero-order chi connectivity index (χ0) is 22.0. The van der Waals surface area contributed by atoms with E-state index in [-0.39, 0.29) is 19.1 Å². The molecule has 0 saturated heterocycles. The van der Waals surface area contributed by atoms with Gasteiger partial charge in [-0.15, -0.1) is 0 Å². The third-order valence-electron chi connectivity index (χ3n) is 4.51. The van der Waals surface area contributed by atoms with Crippen LogP contribution in [0.15, 0.2) is 47.5 Å². The Morgan fingerprint density at radius 2 is 2.00 bits per heavy atom. The SMILES string of the molecule is COC(=O)Cn1c(=NC(=O)[C@@H]2COc3ccccc3O2)sc2cc(NC(C)=O)ccc21. The van der Waals surface area contributed by atoms with Crippen molar-refractivity contribution >= 4 is 45.0 Å². The van der Waals surface area contributed by atoms with E-state index in [2.05, 4.69) is 10.3 Å². The molecule has 0 unspecified atom stereocenters. The normalized spacial score (nSPS) is 15.5. The van der Waals surface area contributed by atoms with E-state index in [4.69, 9.17) is 14.2 Å². The molecule has 10 heteroatoms. The molecule has 2 amide bonds. The summed E-state index contributed by atoms with van der Waals surface area (Å²) in [6.45, 7) is 1.33. The van der Waals surface area contributed by atoms with Crippen LogP contribution in [-0.2, 0) is 25.7 Å². The van der Waals surface area contributed by atoms with Crippen LogP contribution < -0.4 is 19.6 Å². The first-order valence-electron chi connectivity index (χ1n) is 9.39. The summed E-state index contributed by atoms with van der Waals surface area (Å²) in [5.74, 6) is -0.165. The number of esters is 1. The lowest BCUT2D eigenvalue weighted by Crippen LogP contribution is -2.37. The van der Waals surface area contributed by atoms with Crippen molar-refractivity contribution < 1.29 is 28.6 Å². The van der Waals surface area contributed by atoms with Gasteiger partial charge in [0.15, 0.2) is 16.3 Å². The fourth-order valence-corrected chi connectivity index (χ4v) is 4.17.